The summed E-state index contributed by atoms with van der Waals surface area (Å²) in [6.07, 6.45) is 53.2. The van der Waals surface area contributed by atoms with E-state index in [9.17, 15) is 22.9 Å². The van der Waals surface area contributed by atoms with Crippen LogP contribution >= 0.6 is 0 Å². The van der Waals surface area contributed by atoms with Crippen LogP contribution in [0.2, 0.25) is 0 Å². The predicted molar refractivity (Wildman–Crippen MR) is 235 cm³/mol. The van der Waals surface area contributed by atoms with Crippen molar-refractivity contribution < 1.29 is 22.9 Å². The molecule has 0 aromatic heterocycles. The van der Waals surface area contributed by atoms with Gasteiger partial charge in [0, 0.05) is 6.42 Å². The highest BCUT2D eigenvalue weighted by Gasteiger charge is 2.24. The van der Waals surface area contributed by atoms with Gasteiger partial charge in [-0.25, -0.2) is 0 Å². The van der Waals surface area contributed by atoms with E-state index in [1.165, 1.54) is 193 Å². The van der Waals surface area contributed by atoms with Crippen LogP contribution in [0, 0.1) is 0 Å². The first kappa shape index (κ1) is 52.8. The Hall–Kier alpha value is -1.18. The monoisotopic (exact) mass is 782 g/mol. The van der Waals surface area contributed by atoms with Crippen molar-refractivity contribution in [3.05, 3.63) is 24.3 Å². The van der Waals surface area contributed by atoms with Gasteiger partial charge in [-0.2, -0.15) is 8.42 Å². The Morgan fingerprint density at radius 1 is 0.481 bits per heavy atom. The molecule has 2 unspecified atom stereocenters. The number of unbranched alkanes of at least 4 members (excludes halogenated alkanes) is 33. The summed E-state index contributed by atoms with van der Waals surface area (Å²) in [4.78, 5) is 12.6. The quantitative estimate of drug-likeness (QED) is 0.0325. The number of hydrogen-bond acceptors (Lipinski definition) is 4. The minimum Gasteiger partial charge on any atom is -0.387 e. The Morgan fingerprint density at radius 2 is 0.778 bits per heavy atom. The van der Waals surface area contributed by atoms with Gasteiger partial charge in [0.15, 0.2) is 0 Å². The molecule has 0 aliphatic carbocycles. The van der Waals surface area contributed by atoms with E-state index in [2.05, 4.69) is 31.3 Å². The maximum Gasteiger partial charge on any atom is 0.267 e. The fourth-order valence-electron chi connectivity index (χ4n) is 7.33. The largest absolute Gasteiger partial charge is 0.387 e. The third kappa shape index (κ3) is 42.0. The number of allylic oxidation sites excluding steroid dienone is 3. The molecule has 0 rings (SSSR count). The zero-order valence-corrected chi connectivity index (χ0v) is 36.7. The van der Waals surface area contributed by atoms with Gasteiger partial charge in [0.05, 0.1) is 17.9 Å². The summed E-state index contributed by atoms with van der Waals surface area (Å²) in [6, 6.07) is -1.05. The van der Waals surface area contributed by atoms with E-state index >= 15 is 0 Å². The molecule has 0 aliphatic rings. The first-order chi connectivity index (χ1) is 26.3. The molecule has 0 saturated heterocycles. The summed E-state index contributed by atoms with van der Waals surface area (Å²) < 4.78 is 32.6. The molecule has 0 heterocycles. The van der Waals surface area contributed by atoms with Crippen LogP contribution in [0.1, 0.15) is 251 Å². The van der Waals surface area contributed by atoms with E-state index in [1.54, 1.807) is 6.08 Å². The highest BCUT2D eigenvalue weighted by molar-refractivity contribution is 7.85. The normalized spacial score (nSPS) is 13.3. The van der Waals surface area contributed by atoms with Crippen molar-refractivity contribution in [3.8, 4) is 0 Å². The minimum atomic E-state index is -4.34. The summed E-state index contributed by atoms with van der Waals surface area (Å²) in [6.45, 7) is 4.54. The molecule has 6 nitrogen and oxygen atoms in total. The second kappa shape index (κ2) is 41.5. The van der Waals surface area contributed by atoms with E-state index in [1.807, 2.05) is 6.08 Å². The van der Waals surface area contributed by atoms with Gasteiger partial charge in [-0.05, 0) is 44.9 Å². The van der Waals surface area contributed by atoms with Crippen molar-refractivity contribution in [2.45, 2.75) is 264 Å². The van der Waals surface area contributed by atoms with Crippen LogP contribution in [0.25, 0.3) is 0 Å². The van der Waals surface area contributed by atoms with Crippen LogP contribution in [0.5, 0.6) is 0 Å². The molecule has 0 aromatic carbocycles. The first-order valence-corrected chi connectivity index (χ1v) is 25.1. The SMILES string of the molecule is CCCCCCCCCC/C=C\CCCCCCCCCCCCCC(=O)NC(CS(=O)(=O)O)C(O)/C=C/CCCCCCCCCCCCCCCC. The second-order valence-electron chi connectivity index (χ2n) is 16.4. The molecule has 0 bridgehead atoms. The van der Waals surface area contributed by atoms with Crippen LogP contribution in [-0.4, -0.2) is 41.9 Å². The lowest BCUT2D eigenvalue weighted by molar-refractivity contribution is -0.122. The van der Waals surface area contributed by atoms with Gasteiger partial charge in [-0.3, -0.25) is 9.35 Å². The van der Waals surface area contributed by atoms with Gasteiger partial charge in [-0.1, -0.05) is 224 Å². The minimum absolute atomic E-state index is 0.276. The van der Waals surface area contributed by atoms with Crippen LogP contribution in [0.15, 0.2) is 24.3 Å². The van der Waals surface area contributed by atoms with E-state index in [0.717, 1.165) is 38.5 Å². The molecular formula is C47H91NO5S. The van der Waals surface area contributed by atoms with Crippen molar-refractivity contribution in [2.24, 2.45) is 0 Å². The lowest BCUT2D eigenvalue weighted by Crippen LogP contribution is -2.46. The van der Waals surface area contributed by atoms with Gasteiger partial charge in [-0.15, -0.1) is 0 Å². The van der Waals surface area contributed by atoms with Gasteiger partial charge >= 0.3 is 0 Å². The third-order valence-corrected chi connectivity index (χ3v) is 11.7. The summed E-state index contributed by atoms with van der Waals surface area (Å²) in [7, 11) is -4.34. The van der Waals surface area contributed by atoms with Crippen LogP contribution in [0.4, 0.5) is 0 Å². The van der Waals surface area contributed by atoms with Crippen molar-refractivity contribution in [1.82, 2.24) is 5.32 Å². The standard InChI is InChI=1S/C47H91NO5S/c1-3-5-7-9-11-13-15-17-19-21-22-23-24-25-26-27-29-31-33-35-37-39-41-43-47(50)48-45(44-54(51,52)53)46(49)42-40-38-36-34-32-30-28-20-18-16-14-12-10-8-6-4-2/h21-22,40,42,45-46,49H,3-20,23-39,41,43-44H2,1-2H3,(H,48,50)(H,51,52,53)/b22-21-,42-40+. The molecule has 0 aliphatic heterocycles. The third-order valence-electron chi connectivity index (χ3n) is 10.9. The van der Waals surface area contributed by atoms with Crippen LogP contribution < -0.4 is 5.32 Å². The smallest absolute Gasteiger partial charge is 0.267 e. The number of amides is 1. The molecule has 320 valence electrons. The number of aliphatic hydroxyl groups excluding tert-OH is 1. The van der Waals surface area contributed by atoms with Gasteiger partial charge in [0.1, 0.15) is 0 Å². The number of rotatable bonds is 43. The molecule has 2 atom stereocenters. The summed E-state index contributed by atoms with van der Waals surface area (Å²) in [5.74, 6) is -0.971. The molecule has 0 spiro atoms. The average Bonchev–Trinajstić information content (AvgIpc) is 3.14. The Kier molecular flexibility index (Phi) is 40.5. The van der Waals surface area contributed by atoms with E-state index < -0.39 is 28.0 Å². The maximum atomic E-state index is 12.6. The predicted octanol–water partition coefficient (Wildman–Crippen LogP) is 14.3. The molecule has 1 amide bonds. The molecule has 0 aromatic rings. The fourth-order valence-corrected chi connectivity index (χ4v) is 8.06. The Bertz CT molecular complexity index is 950. The maximum absolute atomic E-state index is 12.6. The molecule has 3 N–H and O–H groups in total. The zero-order valence-electron chi connectivity index (χ0n) is 35.9. The summed E-state index contributed by atoms with van der Waals surface area (Å²) in [5.41, 5.74) is 0. The van der Waals surface area contributed by atoms with E-state index in [4.69, 9.17) is 0 Å². The number of carbonyl (C=O) groups is 1. The average molecular weight is 782 g/mol. The zero-order chi connectivity index (χ0) is 39.6. The number of aliphatic hydroxyl groups is 1. The second-order valence-corrected chi connectivity index (χ2v) is 17.9. The Labute approximate surface area is 336 Å². The van der Waals surface area contributed by atoms with Crippen LogP contribution in [0.3, 0.4) is 0 Å². The first-order valence-electron chi connectivity index (χ1n) is 23.5. The van der Waals surface area contributed by atoms with Crippen molar-refractivity contribution in [1.29, 1.82) is 0 Å². The summed E-state index contributed by atoms with van der Waals surface area (Å²) >= 11 is 0. The Balaban J connectivity index is 3.80. The highest BCUT2D eigenvalue weighted by Crippen LogP contribution is 2.16. The topological polar surface area (TPSA) is 104 Å². The van der Waals surface area contributed by atoms with Crippen LogP contribution in [-0.2, 0) is 14.9 Å². The van der Waals surface area contributed by atoms with Gasteiger partial charge in [0.2, 0.25) is 5.91 Å². The van der Waals surface area contributed by atoms with Gasteiger partial charge in [0.25, 0.3) is 10.1 Å². The lowest BCUT2D eigenvalue weighted by atomic mass is 10.0. The molecular weight excluding hydrogens is 691 g/mol. The molecule has 0 fully saturated rings. The molecule has 7 heteroatoms. The molecule has 54 heavy (non-hydrogen) atoms. The van der Waals surface area contributed by atoms with E-state index in [0.29, 0.717) is 6.42 Å². The van der Waals surface area contributed by atoms with Gasteiger partial charge < -0.3 is 10.4 Å². The van der Waals surface area contributed by atoms with Crippen molar-refractivity contribution in [2.75, 3.05) is 5.75 Å². The van der Waals surface area contributed by atoms with Crippen molar-refractivity contribution in [3.63, 3.8) is 0 Å². The fraction of sp³-hybridized carbons (Fsp3) is 0.894. The summed E-state index contributed by atoms with van der Waals surface area (Å²) in [5, 5.41) is 13.3. The number of hydrogen-bond donors (Lipinski definition) is 3. The highest BCUT2D eigenvalue weighted by atomic mass is 32.2. The molecule has 0 radical (unpaired) electrons. The lowest BCUT2D eigenvalue weighted by Gasteiger charge is -2.21. The number of carbonyl (C=O) groups excluding carboxylic acids is 1. The Morgan fingerprint density at radius 3 is 1.11 bits per heavy atom. The molecule has 0 saturated carbocycles. The van der Waals surface area contributed by atoms with E-state index in [-0.39, 0.29) is 5.91 Å². The number of nitrogens with one attached hydrogen (secondary N) is 1. The van der Waals surface area contributed by atoms with Crippen molar-refractivity contribution >= 4 is 16.0 Å².